The number of alkyl halides is 1. The number of H-pyrrole nitrogens is 2. The quantitative estimate of drug-likeness (QED) is 0.335. The molecule has 0 radical (unpaired) electrons. The number of rotatable bonds is 6. The van der Waals surface area contributed by atoms with E-state index in [1.807, 2.05) is 6.07 Å². The largest absolute Gasteiger partial charge is 0.493 e. The van der Waals surface area contributed by atoms with Gasteiger partial charge < -0.3 is 15.4 Å². The van der Waals surface area contributed by atoms with Gasteiger partial charge in [0, 0.05) is 17.8 Å². The highest BCUT2D eigenvalue weighted by Crippen LogP contribution is 2.27. The number of halogens is 1. The van der Waals surface area contributed by atoms with Crippen molar-refractivity contribution in [3.8, 4) is 16.5 Å². The first-order valence-electron chi connectivity index (χ1n) is 9.92. The van der Waals surface area contributed by atoms with Crippen molar-refractivity contribution < 1.29 is 14.3 Å². The van der Waals surface area contributed by atoms with Gasteiger partial charge in [0.15, 0.2) is 11.1 Å². The molecule has 1 amide bonds. The van der Waals surface area contributed by atoms with Gasteiger partial charge in [-0.25, -0.2) is 14.2 Å². The second kappa shape index (κ2) is 8.04. The van der Waals surface area contributed by atoms with E-state index in [1.165, 1.54) is 11.3 Å². The van der Waals surface area contributed by atoms with E-state index in [1.54, 1.807) is 28.9 Å². The normalized spacial score (nSPS) is 15.0. The van der Waals surface area contributed by atoms with Gasteiger partial charge in [0.25, 0.3) is 5.91 Å². The lowest BCUT2D eigenvalue weighted by molar-refractivity contribution is 0.0955. The lowest BCUT2D eigenvalue weighted by atomic mass is 10.3. The number of hydrogen-bond acceptors (Lipinski definition) is 7. The second-order valence-corrected chi connectivity index (χ2v) is 8.37. The van der Waals surface area contributed by atoms with Crippen molar-refractivity contribution >= 4 is 29.0 Å². The van der Waals surface area contributed by atoms with Gasteiger partial charge in [-0.05, 0) is 31.1 Å². The number of fused-ring (bicyclic) bond motifs is 1. The van der Waals surface area contributed by atoms with Crippen LogP contribution >= 0.6 is 11.3 Å². The Morgan fingerprint density at radius 3 is 2.97 bits per heavy atom. The van der Waals surface area contributed by atoms with Crippen LogP contribution in [0.2, 0.25) is 0 Å². The van der Waals surface area contributed by atoms with E-state index in [9.17, 15) is 19.1 Å². The molecule has 0 bridgehead atoms. The molecule has 1 aliphatic carbocycles. The van der Waals surface area contributed by atoms with Crippen molar-refractivity contribution in [3.05, 3.63) is 56.2 Å². The minimum absolute atomic E-state index is 0.0379. The Labute approximate surface area is 183 Å². The average Bonchev–Trinajstić information content (AvgIpc) is 3.16. The molecule has 1 saturated carbocycles. The van der Waals surface area contributed by atoms with E-state index >= 15 is 0 Å². The molecule has 4 heterocycles. The Hall–Kier alpha value is -3.80. The third-order valence-corrected chi connectivity index (χ3v) is 5.95. The summed E-state index contributed by atoms with van der Waals surface area (Å²) in [5.41, 5.74) is 1.39. The zero-order chi connectivity index (χ0) is 22.2. The number of aromatic amines is 2. The van der Waals surface area contributed by atoms with Crippen molar-refractivity contribution in [2.75, 3.05) is 13.2 Å². The monoisotopic (exact) mass is 455 g/mol. The maximum Gasteiger partial charge on any atom is 0.326 e. The standard InChI is InChI=1S/C20H18FN7O3S/c21-5-6-22-19(30)15-4-3-14(32-15)12-8-16(24-11-1-2-11)28-17(25-12)10(9-23-28)7-13-18(29)27-20(31)26-13/h3-4,7-9,11,29H,1-2,5-6H2,(H,22,30)(H2,26,27,31)/b10-7+,24-16?. The van der Waals surface area contributed by atoms with Gasteiger partial charge in [0.2, 0.25) is 5.88 Å². The molecule has 4 aromatic rings. The fourth-order valence-corrected chi connectivity index (χ4v) is 4.05. The van der Waals surface area contributed by atoms with Crippen molar-refractivity contribution in [1.29, 1.82) is 0 Å². The van der Waals surface area contributed by atoms with Gasteiger partial charge >= 0.3 is 5.69 Å². The van der Waals surface area contributed by atoms with Crippen LogP contribution in [0.1, 0.15) is 28.2 Å². The molecule has 0 atom stereocenters. The molecule has 4 aromatic heterocycles. The fourth-order valence-electron chi connectivity index (χ4n) is 3.17. The molecule has 1 aliphatic rings. The summed E-state index contributed by atoms with van der Waals surface area (Å²) in [6.07, 6.45) is 5.16. The molecule has 4 N–H and O–H groups in total. The molecular weight excluding hydrogens is 437 g/mol. The van der Waals surface area contributed by atoms with Crippen molar-refractivity contribution in [1.82, 2.24) is 29.9 Å². The van der Waals surface area contributed by atoms with Crippen LogP contribution in [-0.2, 0) is 0 Å². The minimum atomic E-state index is -0.628. The molecule has 12 heteroatoms. The summed E-state index contributed by atoms with van der Waals surface area (Å²) in [4.78, 5) is 39.0. The van der Waals surface area contributed by atoms with Crippen LogP contribution in [0, 0.1) is 0 Å². The summed E-state index contributed by atoms with van der Waals surface area (Å²) < 4.78 is 14.0. The summed E-state index contributed by atoms with van der Waals surface area (Å²) in [5.74, 6) is -0.622. The number of imidazole rings is 1. The van der Waals surface area contributed by atoms with Crippen LogP contribution in [-0.4, -0.2) is 54.8 Å². The van der Waals surface area contributed by atoms with E-state index in [4.69, 9.17) is 9.98 Å². The van der Waals surface area contributed by atoms with Crippen LogP contribution < -0.4 is 21.7 Å². The molecule has 32 heavy (non-hydrogen) atoms. The third-order valence-electron chi connectivity index (χ3n) is 4.84. The van der Waals surface area contributed by atoms with Gasteiger partial charge in [0.1, 0.15) is 12.4 Å². The van der Waals surface area contributed by atoms with Crippen LogP contribution in [0.4, 0.5) is 4.39 Å². The number of amides is 1. The Kier molecular flexibility index (Phi) is 5.05. The molecule has 0 spiro atoms. The first-order valence-corrected chi connectivity index (χ1v) is 10.7. The predicted molar refractivity (Wildman–Crippen MR) is 115 cm³/mol. The number of aromatic nitrogens is 5. The highest BCUT2D eigenvalue weighted by Gasteiger charge is 2.21. The summed E-state index contributed by atoms with van der Waals surface area (Å²) in [7, 11) is 0. The van der Waals surface area contributed by atoms with Gasteiger partial charge in [-0.3, -0.25) is 14.8 Å². The number of nitrogens with one attached hydrogen (secondary N) is 3. The zero-order valence-electron chi connectivity index (χ0n) is 16.6. The van der Waals surface area contributed by atoms with Gasteiger partial charge in [-0.2, -0.15) is 9.61 Å². The smallest absolute Gasteiger partial charge is 0.326 e. The first kappa shape index (κ1) is 20.1. The molecule has 0 aromatic carbocycles. The highest BCUT2D eigenvalue weighted by atomic mass is 32.1. The summed E-state index contributed by atoms with van der Waals surface area (Å²) in [6.45, 7) is -0.666. The average molecular weight is 455 g/mol. The zero-order valence-corrected chi connectivity index (χ0v) is 17.4. The number of thiophene rings is 1. The first-order chi connectivity index (χ1) is 15.5. The van der Waals surface area contributed by atoms with Crippen molar-refractivity contribution in [3.63, 3.8) is 0 Å². The summed E-state index contributed by atoms with van der Waals surface area (Å²) in [6, 6.07) is 5.50. The Balaban J connectivity index is 1.64. The van der Waals surface area contributed by atoms with E-state index < -0.39 is 12.4 Å². The van der Waals surface area contributed by atoms with E-state index in [2.05, 4.69) is 20.4 Å². The molecule has 164 valence electrons. The molecule has 0 unspecified atom stereocenters. The molecule has 0 aliphatic heterocycles. The van der Waals surface area contributed by atoms with Gasteiger partial charge in [-0.15, -0.1) is 11.3 Å². The number of aromatic hydroxyl groups is 1. The number of nitrogens with zero attached hydrogens (tertiary/aromatic N) is 4. The van der Waals surface area contributed by atoms with Crippen molar-refractivity contribution in [2.45, 2.75) is 18.9 Å². The highest BCUT2D eigenvalue weighted by molar-refractivity contribution is 7.17. The molecule has 1 fully saturated rings. The van der Waals surface area contributed by atoms with Crippen LogP contribution in [0.5, 0.6) is 5.88 Å². The Morgan fingerprint density at radius 1 is 1.41 bits per heavy atom. The molecule has 0 saturated heterocycles. The topological polar surface area (TPSA) is 141 Å². The summed E-state index contributed by atoms with van der Waals surface area (Å²) in [5, 5.41) is 17.4. The SMILES string of the molecule is O=C(NCCF)c1ccc(-c2cc(=NC3CC3)n3nc/c(=C\c4[nH]c(=O)[nH]c4O)c3n2)s1. The van der Waals surface area contributed by atoms with Gasteiger partial charge in [-0.1, -0.05) is 0 Å². The summed E-state index contributed by atoms with van der Waals surface area (Å²) >= 11 is 1.24. The van der Waals surface area contributed by atoms with Crippen molar-refractivity contribution in [2.24, 2.45) is 4.99 Å². The van der Waals surface area contributed by atoms with E-state index in [0.717, 1.165) is 17.7 Å². The van der Waals surface area contributed by atoms with E-state index in [0.29, 0.717) is 26.9 Å². The van der Waals surface area contributed by atoms with E-state index in [-0.39, 0.29) is 30.1 Å². The maximum atomic E-state index is 12.4. The van der Waals surface area contributed by atoms with Crippen LogP contribution in [0.15, 0.2) is 34.2 Å². The Morgan fingerprint density at radius 2 is 2.25 bits per heavy atom. The number of carbonyl (C=O) groups is 1. The van der Waals surface area contributed by atoms with Crippen LogP contribution in [0.3, 0.4) is 0 Å². The number of carbonyl (C=O) groups excluding carboxylic acids is 1. The molecular formula is C20H18FN7O3S. The minimum Gasteiger partial charge on any atom is -0.493 e. The second-order valence-electron chi connectivity index (χ2n) is 7.29. The predicted octanol–water partition coefficient (Wildman–Crippen LogP) is 0.490. The maximum absolute atomic E-state index is 12.4. The number of hydrogen-bond donors (Lipinski definition) is 4. The fraction of sp³-hybridized carbons (Fsp3) is 0.250. The van der Waals surface area contributed by atoms with Crippen LogP contribution in [0.25, 0.3) is 22.3 Å². The lowest BCUT2D eigenvalue weighted by Gasteiger charge is -2.01. The lowest BCUT2D eigenvalue weighted by Crippen LogP contribution is -2.24. The third kappa shape index (κ3) is 3.91. The molecule has 5 rings (SSSR count). The van der Waals surface area contributed by atoms with Gasteiger partial charge in [0.05, 0.1) is 27.7 Å². The molecule has 10 nitrogen and oxygen atoms in total. The Bertz CT molecular complexity index is 1500.